The second-order valence-electron chi connectivity index (χ2n) is 9.53. The molecule has 0 aliphatic carbocycles. The van der Waals surface area contributed by atoms with Crippen molar-refractivity contribution in [2.24, 2.45) is 23.2 Å². The minimum Gasteiger partial charge on any atom is -0.478 e. The van der Waals surface area contributed by atoms with Gasteiger partial charge in [-0.3, -0.25) is 14.8 Å². The average Bonchev–Trinajstić information content (AvgIpc) is 2.99. The summed E-state index contributed by atoms with van der Waals surface area (Å²) in [6.45, 7) is 1.81. The fraction of sp³-hybridized carbons (Fsp3) is 0.143. The number of hydrogen-bond acceptors (Lipinski definition) is 10. The summed E-state index contributed by atoms with van der Waals surface area (Å²) < 4.78 is 80.9. The molecule has 0 atom stereocenters. The minimum atomic E-state index is -5.04. The van der Waals surface area contributed by atoms with E-state index in [0.717, 1.165) is 24.5 Å². The third kappa shape index (κ3) is 8.47. The third-order valence-electron chi connectivity index (χ3n) is 6.25. The van der Waals surface area contributed by atoms with Gasteiger partial charge in [-0.15, -0.1) is 0 Å². The number of nitrogens with one attached hydrogen (secondary N) is 1. The van der Waals surface area contributed by atoms with Gasteiger partial charge in [-0.1, -0.05) is 0 Å². The molecular weight excluding hydrogens is 642 g/mol. The molecule has 11 N–H and O–H groups in total. The first-order valence-electron chi connectivity index (χ1n) is 13.0. The standard InChI is InChI=1S/C28H26F6N8O5/c1-2-39-24(43)13-7-22(20(35)11-41(37)14-3-5-16(25(44)45)18(9-14)27(29,30)31)40-23(8-13)21(36)12-42(38)15-4-6-17(26(46)47)19(10-15)28(32,33)34/h3-12H,2,35-38H2,1H3,(H,39,43)(H,44,45)(H,46,47)/b20-11-,21-12-. The first-order chi connectivity index (χ1) is 21.7. The van der Waals surface area contributed by atoms with Gasteiger partial charge in [-0.25, -0.2) is 26.3 Å². The lowest BCUT2D eigenvalue weighted by Crippen LogP contribution is -2.28. The number of carbonyl (C=O) groups excluding carboxylic acids is 1. The highest BCUT2D eigenvalue weighted by molar-refractivity contribution is 5.96. The molecule has 3 aromatic rings. The zero-order valence-electron chi connectivity index (χ0n) is 24.0. The molecule has 0 unspecified atom stereocenters. The van der Waals surface area contributed by atoms with Crippen molar-refractivity contribution >= 4 is 40.6 Å². The van der Waals surface area contributed by atoms with E-state index in [1.807, 2.05) is 0 Å². The summed E-state index contributed by atoms with van der Waals surface area (Å²) in [4.78, 5) is 39.4. The molecule has 0 radical (unpaired) electrons. The van der Waals surface area contributed by atoms with Gasteiger partial charge in [0.15, 0.2) is 0 Å². The molecule has 250 valence electrons. The first-order valence-corrected chi connectivity index (χ1v) is 13.0. The summed E-state index contributed by atoms with van der Waals surface area (Å²) in [6.07, 6.45) is -8.21. The highest BCUT2D eigenvalue weighted by Crippen LogP contribution is 2.36. The number of nitrogens with zero attached hydrogens (tertiary/aromatic N) is 3. The number of carbonyl (C=O) groups is 3. The zero-order chi connectivity index (χ0) is 35.4. The lowest BCUT2D eigenvalue weighted by Gasteiger charge is -2.19. The third-order valence-corrected chi connectivity index (χ3v) is 6.25. The Labute approximate surface area is 261 Å². The van der Waals surface area contributed by atoms with Gasteiger partial charge >= 0.3 is 24.3 Å². The van der Waals surface area contributed by atoms with E-state index in [1.165, 1.54) is 12.1 Å². The van der Waals surface area contributed by atoms with Crippen LogP contribution in [0, 0.1) is 0 Å². The molecule has 19 heteroatoms. The number of halogens is 6. The van der Waals surface area contributed by atoms with Gasteiger partial charge in [0.1, 0.15) is 0 Å². The molecule has 2 aromatic carbocycles. The van der Waals surface area contributed by atoms with Gasteiger partial charge in [0.25, 0.3) is 5.91 Å². The van der Waals surface area contributed by atoms with Gasteiger partial charge in [0, 0.05) is 24.5 Å². The number of anilines is 2. The smallest absolute Gasteiger partial charge is 0.417 e. The molecule has 0 aliphatic heterocycles. The highest BCUT2D eigenvalue weighted by atomic mass is 19.4. The number of nitrogens with two attached hydrogens (primary N) is 4. The Balaban J connectivity index is 2.07. The molecule has 0 fully saturated rings. The fourth-order valence-electron chi connectivity index (χ4n) is 4.03. The number of alkyl halides is 6. The van der Waals surface area contributed by atoms with E-state index >= 15 is 0 Å². The minimum absolute atomic E-state index is 0.0676. The lowest BCUT2D eigenvalue weighted by atomic mass is 10.1. The maximum absolute atomic E-state index is 13.5. The van der Waals surface area contributed by atoms with Gasteiger partial charge in [-0.2, -0.15) is 26.3 Å². The molecule has 0 saturated heterocycles. The van der Waals surface area contributed by atoms with Crippen LogP contribution in [0.15, 0.2) is 60.9 Å². The van der Waals surface area contributed by atoms with Crippen molar-refractivity contribution in [3.63, 3.8) is 0 Å². The average molecular weight is 669 g/mol. The maximum Gasteiger partial charge on any atom is 0.417 e. The van der Waals surface area contributed by atoms with Gasteiger partial charge < -0.3 is 27.0 Å². The summed E-state index contributed by atoms with van der Waals surface area (Å²) in [7, 11) is 0. The molecule has 0 saturated carbocycles. The van der Waals surface area contributed by atoms with Crippen molar-refractivity contribution in [2.75, 3.05) is 16.6 Å². The van der Waals surface area contributed by atoms with Crippen LogP contribution in [0.4, 0.5) is 37.7 Å². The number of hydrazine groups is 2. The number of aromatic carboxylic acids is 2. The molecule has 47 heavy (non-hydrogen) atoms. The van der Waals surface area contributed by atoms with Crippen molar-refractivity contribution in [1.82, 2.24) is 10.3 Å². The molecule has 0 bridgehead atoms. The Bertz CT molecular complexity index is 1660. The largest absolute Gasteiger partial charge is 0.478 e. The Kier molecular flexibility index (Phi) is 10.4. The first kappa shape index (κ1) is 35.7. The van der Waals surface area contributed by atoms with Crippen LogP contribution in [0.5, 0.6) is 0 Å². The molecule has 3 rings (SSSR count). The second kappa shape index (κ2) is 13.7. The topological polar surface area (TPSA) is 227 Å². The predicted octanol–water partition coefficient (Wildman–Crippen LogP) is 3.54. The van der Waals surface area contributed by atoms with Crippen molar-refractivity contribution in [3.8, 4) is 0 Å². The van der Waals surface area contributed by atoms with Crippen molar-refractivity contribution in [2.45, 2.75) is 19.3 Å². The van der Waals surface area contributed by atoms with Gasteiger partial charge in [0.2, 0.25) is 0 Å². The fourth-order valence-corrected chi connectivity index (χ4v) is 4.03. The molecule has 1 amide bonds. The van der Waals surface area contributed by atoms with Crippen LogP contribution < -0.4 is 38.5 Å². The molecule has 1 heterocycles. The van der Waals surface area contributed by atoms with Crippen molar-refractivity contribution in [3.05, 3.63) is 100 Å². The van der Waals surface area contributed by atoms with Crippen LogP contribution in [0.2, 0.25) is 0 Å². The number of amides is 1. The van der Waals surface area contributed by atoms with Crippen LogP contribution in [-0.4, -0.2) is 39.6 Å². The lowest BCUT2D eigenvalue weighted by molar-refractivity contribution is -0.138. The summed E-state index contributed by atoms with van der Waals surface area (Å²) in [6, 6.07) is 6.75. The predicted molar refractivity (Wildman–Crippen MR) is 157 cm³/mol. The zero-order valence-corrected chi connectivity index (χ0v) is 24.0. The summed E-state index contributed by atoms with van der Waals surface area (Å²) in [5, 5.41) is 22.1. The van der Waals surface area contributed by atoms with E-state index in [4.69, 9.17) is 33.4 Å². The normalized spacial score (nSPS) is 12.4. The van der Waals surface area contributed by atoms with Crippen LogP contribution in [-0.2, 0) is 12.4 Å². The monoisotopic (exact) mass is 668 g/mol. The van der Waals surface area contributed by atoms with Crippen molar-refractivity contribution in [1.29, 1.82) is 0 Å². The summed E-state index contributed by atoms with van der Waals surface area (Å²) >= 11 is 0. The van der Waals surface area contributed by atoms with E-state index in [2.05, 4.69) is 10.3 Å². The Morgan fingerprint density at radius 1 is 0.766 bits per heavy atom. The number of aromatic nitrogens is 1. The molecular formula is C28H26F6N8O5. The SMILES string of the molecule is CCNC(=O)c1cc(/C(N)=C/N(N)c2ccc(C(=O)O)c(C(F)(F)F)c2)nc(/C(N)=C/N(N)c2ccc(C(=O)O)c(C(F)(F)F)c2)c1. The van der Waals surface area contributed by atoms with E-state index in [1.54, 1.807) is 6.92 Å². The van der Waals surface area contributed by atoms with Crippen LogP contribution >= 0.6 is 0 Å². The Hall–Kier alpha value is -5.82. The Morgan fingerprint density at radius 3 is 1.47 bits per heavy atom. The van der Waals surface area contributed by atoms with Crippen molar-refractivity contribution < 1.29 is 50.9 Å². The molecule has 0 spiro atoms. The van der Waals surface area contributed by atoms with Crippen LogP contribution in [0.3, 0.4) is 0 Å². The molecule has 1 aromatic heterocycles. The van der Waals surface area contributed by atoms with Crippen LogP contribution in [0.1, 0.15) is 60.5 Å². The molecule has 13 nitrogen and oxygen atoms in total. The summed E-state index contributed by atoms with van der Waals surface area (Å²) in [5.41, 5.74) is 5.54. The van der Waals surface area contributed by atoms with E-state index in [0.29, 0.717) is 34.3 Å². The number of carboxylic acid groups (broad SMARTS) is 2. The quantitative estimate of drug-likeness (QED) is 0.0935. The maximum atomic E-state index is 13.5. The molecule has 0 aliphatic rings. The van der Waals surface area contributed by atoms with E-state index in [-0.39, 0.29) is 46.3 Å². The van der Waals surface area contributed by atoms with Gasteiger partial charge in [0.05, 0.1) is 56.4 Å². The second-order valence-corrected chi connectivity index (χ2v) is 9.53. The highest BCUT2D eigenvalue weighted by Gasteiger charge is 2.37. The number of benzene rings is 2. The van der Waals surface area contributed by atoms with E-state index in [9.17, 15) is 40.7 Å². The Morgan fingerprint density at radius 2 is 1.15 bits per heavy atom. The van der Waals surface area contributed by atoms with E-state index < -0.39 is 52.5 Å². The number of rotatable bonds is 10. The summed E-state index contributed by atoms with van der Waals surface area (Å²) in [5.74, 6) is 7.52. The number of carboxylic acids is 2. The van der Waals surface area contributed by atoms with Gasteiger partial charge in [-0.05, 0) is 55.5 Å². The number of pyridine rings is 1. The number of hydrogen-bond donors (Lipinski definition) is 7. The van der Waals surface area contributed by atoms with Crippen LogP contribution in [0.25, 0.3) is 11.4 Å².